The lowest BCUT2D eigenvalue weighted by atomic mass is 9.86. The standard InChI is InChI=1S/C17H25NO2/c1-2-17(16(19)20,14-15-10-6-5-7-11-15)18-12-8-3-4-9-13-18/h5-7,10-11H,2-4,8-9,12-14H2,1H3,(H,19,20). The summed E-state index contributed by atoms with van der Waals surface area (Å²) in [5.41, 5.74) is 0.368. The van der Waals surface area contributed by atoms with Crippen LogP contribution >= 0.6 is 0 Å². The van der Waals surface area contributed by atoms with Crippen LogP contribution in [0.3, 0.4) is 0 Å². The largest absolute Gasteiger partial charge is 0.480 e. The highest BCUT2D eigenvalue weighted by Gasteiger charge is 2.42. The molecule has 0 bridgehead atoms. The van der Waals surface area contributed by atoms with E-state index in [-0.39, 0.29) is 0 Å². The number of hydrogen-bond donors (Lipinski definition) is 1. The minimum Gasteiger partial charge on any atom is -0.480 e. The molecule has 0 saturated carbocycles. The highest BCUT2D eigenvalue weighted by Crippen LogP contribution is 2.28. The van der Waals surface area contributed by atoms with Crippen molar-refractivity contribution in [1.82, 2.24) is 4.90 Å². The van der Waals surface area contributed by atoms with Crippen LogP contribution in [0.1, 0.15) is 44.6 Å². The molecule has 0 spiro atoms. The molecule has 110 valence electrons. The van der Waals surface area contributed by atoms with Gasteiger partial charge in [0.25, 0.3) is 0 Å². The fraction of sp³-hybridized carbons (Fsp3) is 0.588. The molecule has 1 aromatic carbocycles. The highest BCUT2D eigenvalue weighted by molar-refractivity contribution is 5.79. The third-order valence-corrected chi connectivity index (χ3v) is 4.53. The van der Waals surface area contributed by atoms with Gasteiger partial charge in [-0.05, 0) is 37.9 Å². The number of carboxylic acids is 1. The molecule has 1 heterocycles. The molecule has 20 heavy (non-hydrogen) atoms. The van der Waals surface area contributed by atoms with Crippen molar-refractivity contribution >= 4 is 5.97 Å². The molecule has 1 unspecified atom stereocenters. The first-order valence-corrected chi connectivity index (χ1v) is 7.71. The molecule has 3 heteroatoms. The van der Waals surface area contributed by atoms with Gasteiger partial charge in [-0.1, -0.05) is 50.1 Å². The quantitative estimate of drug-likeness (QED) is 0.896. The predicted octanol–water partition coefficient (Wildman–Crippen LogP) is 3.34. The lowest BCUT2D eigenvalue weighted by molar-refractivity contribution is -0.152. The number of hydrogen-bond acceptors (Lipinski definition) is 2. The van der Waals surface area contributed by atoms with Gasteiger partial charge >= 0.3 is 5.97 Å². The van der Waals surface area contributed by atoms with E-state index in [4.69, 9.17) is 0 Å². The third kappa shape index (κ3) is 3.21. The van der Waals surface area contributed by atoms with Crippen LogP contribution in [-0.2, 0) is 11.2 Å². The van der Waals surface area contributed by atoms with Crippen LogP contribution in [0.4, 0.5) is 0 Å². The third-order valence-electron chi connectivity index (χ3n) is 4.53. The van der Waals surface area contributed by atoms with E-state index in [2.05, 4.69) is 4.90 Å². The normalized spacial score (nSPS) is 20.1. The summed E-state index contributed by atoms with van der Waals surface area (Å²) in [6, 6.07) is 10.0. The van der Waals surface area contributed by atoms with E-state index < -0.39 is 11.5 Å². The maximum Gasteiger partial charge on any atom is 0.324 e. The van der Waals surface area contributed by atoms with Crippen molar-refractivity contribution < 1.29 is 9.90 Å². The van der Waals surface area contributed by atoms with E-state index >= 15 is 0 Å². The Labute approximate surface area is 121 Å². The Kier molecular flexibility index (Phi) is 5.18. The zero-order chi connectivity index (χ0) is 14.4. The summed E-state index contributed by atoms with van der Waals surface area (Å²) >= 11 is 0. The van der Waals surface area contributed by atoms with Crippen LogP contribution in [0.5, 0.6) is 0 Å². The summed E-state index contributed by atoms with van der Waals surface area (Å²) in [7, 11) is 0. The molecule has 1 aliphatic heterocycles. The van der Waals surface area contributed by atoms with Gasteiger partial charge in [-0.15, -0.1) is 0 Å². The Balaban J connectivity index is 2.26. The molecule has 1 fully saturated rings. The number of carbonyl (C=O) groups is 1. The van der Waals surface area contributed by atoms with E-state index in [9.17, 15) is 9.90 Å². The van der Waals surface area contributed by atoms with E-state index in [0.29, 0.717) is 12.8 Å². The van der Waals surface area contributed by atoms with Gasteiger partial charge in [0.1, 0.15) is 5.54 Å². The molecule has 1 aliphatic rings. The fourth-order valence-corrected chi connectivity index (χ4v) is 3.25. The number of rotatable bonds is 5. The van der Waals surface area contributed by atoms with E-state index in [0.717, 1.165) is 31.5 Å². The zero-order valence-electron chi connectivity index (χ0n) is 12.3. The van der Waals surface area contributed by atoms with Gasteiger partial charge in [-0.3, -0.25) is 9.69 Å². The number of likely N-dealkylation sites (tertiary alicyclic amines) is 1. The average molecular weight is 275 g/mol. The summed E-state index contributed by atoms with van der Waals surface area (Å²) in [6.45, 7) is 3.82. The van der Waals surface area contributed by atoms with Crippen LogP contribution in [-0.4, -0.2) is 34.6 Å². The number of carboxylic acid groups (broad SMARTS) is 1. The van der Waals surface area contributed by atoms with Crippen molar-refractivity contribution in [2.45, 2.75) is 51.0 Å². The van der Waals surface area contributed by atoms with Crippen molar-refractivity contribution in [2.24, 2.45) is 0 Å². The van der Waals surface area contributed by atoms with E-state index in [1.54, 1.807) is 0 Å². The van der Waals surface area contributed by atoms with Crippen LogP contribution in [0.25, 0.3) is 0 Å². The fourth-order valence-electron chi connectivity index (χ4n) is 3.25. The van der Waals surface area contributed by atoms with Crippen molar-refractivity contribution in [3.8, 4) is 0 Å². The monoisotopic (exact) mass is 275 g/mol. The van der Waals surface area contributed by atoms with Gasteiger partial charge in [0.05, 0.1) is 0 Å². The Hall–Kier alpha value is -1.35. The Morgan fingerprint density at radius 3 is 2.25 bits per heavy atom. The molecular formula is C17H25NO2. The van der Waals surface area contributed by atoms with Gasteiger partial charge in [0.15, 0.2) is 0 Å². The summed E-state index contributed by atoms with van der Waals surface area (Å²) in [4.78, 5) is 14.2. The summed E-state index contributed by atoms with van der Waals surface area (Å²) in [5, 5.41) is 9.89. The Morgan fingerprint density at radius 2 is 1.75 bits per heavy atom. The van der Waals surface area contributed by atoms with Crippen LogP contribution < -0.4 is 0 Å². The highest BCUT2D eigenvalue weighted by atomic mass is 16.4. The maximum atomic E-state index is 12.0. The van der Waals surface area contributed by atoms with Crippen LogP contribution in [0.2, 0.25) is 0 Å². The molecule has 3 nitrogen and oxygen atoms in total. The second-order valence-corrected chi connectivity index (χ2v) is 5.75. The molecule has 1 aromatic rings. The van der Waals surface area contributed by atoms with E-state index in [1.807, 2.05) is 37.3 Å². The van der Waals surface area contributed by atoms with Crippen LogP contribution in [0, 0.1) is 0 Å². The number of aliphatic carboxylic acids is 1. The molecule has 0 radical (unpaired) electrons. The smallest absolute Gasteiger partial charge is 0.324 e. The van der Waals surface area contributed by atoms with Gasteiger partial charge in [0, 0.05) is 6.42 Å². The minimum atomic E-state index is -0.744. The molecule has 1 saturated heterocycles. The predicted molar refractivity (Wildman–Crippen MR) is 80.8 cm³/mol. The maximum absolute atomic E-state index is 12.0. The summed E-state index contributed by atoms with van der Waals surface area (Å²) < 4.78 is 0. The molecule has 1 atom stereocenters. The number of nitrogens with zero attached hydrogens (tertiary/aromatic N) is 1. The molecule has 0 aliphatic carbocycles. The second kappa shape index (κ2) is 6.89. The topological polar surface area (TPSA) is 40.5 Å². The Bertz CT molecular complexity index is 424. The van der Waals surface area contributed by atoms with Crippen molar-refractivity contribution in [2.75, 3.05) is 13.1 Å². The number of benzene rings is 1. The SMILES string of the molecule is CCC(Cc1ccccc1)(C(=O)O)N1CCCCCC1. The van der Waals surface area contributed by atoms with Gasteiger partial charge in [-0.2, -0.15) is 0 Å². The first-order valence-electron chi connectivity index (χ1n) is 7.71. The van der Waals surface area contributed by atoms with Crippen molar-refractivity contribution in [3.05, 3.63) is 35.9 Å². The minimum absolute atomic E-state index is 0.597. The average Bonchev–Trinajstić information content (AvgIpc) is 2.75. The van der Waals surface area contributed by atoms with Crippen molar-refractivity contribution in [1.29, 1.82) is 0 Å². The lowest BCUT2D eigenvalue weighted by Gasteiger charge is -2.40. The second-order valence-electron chi connectivity index (χ2n) is 5.75. The summed E-state index contributed by atoms with van der Waals surface area (Å²) in [6.07, 6.45) is 5.92. The Morgan fingerprint density at radius 1 is 1.15 bits per heavy atom. The lowest BCUT2D eigenvalue weighted by Crippen LogP contribution is -2.56. The molecule has 0 aromatic heterocycles. The first kappa shape index (κ1) is 15.0. The molecular weight excluding hydrogens is 250 g/mol. The van der Waals surface area contributed by atoms with Gasteiger partial charge in [-0.25, -0.2) is 0 Å². The summed E-state index contributed by atoms with van der Waals surface area (Å²) in [5.74, 6) is -0.675. The van der Waals surface area contributed by atoms with Gasteiger partial charge < -0.3 is 5.11 Å². The van der Waals surface area contributed by atoms with Gasteiger partial charge in [0.2, 0.25) is 0 Å². The first-order chi connectivity index (χ1) is 9.69. The molecule has 0 amide bonds. The van der Waals surface area contributed by atoms with Crippen LogP contribution in [0.15, 0.2) is 30.3 Å². The molecule has 1 N–H and O–H groups in total. The van der Waals surface area contributed by atoms with E-state index in [1.165, 1.54) is 12.8 Å². The molecule has 2 rings (SSSR count). The van der Waals surface area contributed by atoms with Crippen molar-refractivity contribution in [3.63, 3.8) is 0 Å². The zero-order valence-corrected chi connectivity index (χ0v) is 12.3.